The van der Waals surface area contributed by atoms with Crippen molar-refractivity contribution in [3.63, 3.8) is 0 Å². The van der Waals surface area contributed by atoms with Crippen molar-refractivity contribution in [1.29, 1.82) is 0 Å². The van der Waals surface area contributed by atoms with E-state index in [1.807, 2.05) is 0 Å². The van der Waals surface area contributed by atoms with Crippen LogP contribution in [-0.2, 0) is 42.2 Å². The number of rotatable bonds is 54. The molecule has 3 unspecified atom stereocenters. The Hall–Kier alpha value is -2.30. The topological polar surface area (TPSA) is 155 Å². The van der Waals surface area contributed by atoms with Crippen molar-refractivity contribution in [2.45, 2.75) is 290 Å². The maximum absolute atomic E-state index is 12.9. The zero-order valence-corrected chi connectivity index (χ0v) is 46.1. The highest BCUT2D eigenvalue weighted by Crippen LogP contribution is 2.43. The molecule has 11 nitrogen and oxygen atoms in total. The van der Waals surface area contributed by atoms with E-state index < -0.39 is 57.8 Å². The summed E-state index contributed by atoms with van der Waals surface area (Å²) in [5.41, 5.74) is 0. The number of allylic oxidation sites excluding steroid dienone is 6. The highest BCUT2D eigenvalue weighted by molar-refractivity contribution is 7.47. The number of aliphatic hydroxyl groups is 1. The fourth-order valence-electron chi connectivity index (χ4n) is 8.20. The largest absolute Gasteiger partial charge is 0.472 e. The number of aliphatic hydroxyl groups excluding tert-OH is 1. The monoisotopic (exact) mass is 1010 g/mol. The van der Waals surface area contributed by atoms with Crippen LogP contribution in [0.4, 0.5) is 0 Å². The third-order valence-corrected chi connectivity index (χ3v) is 13.5. The van der Waals surface area contributed by atoms with E-state index in [1.165, 1.54) is 128 Å². The molecule has 0 bridgehead atoms. The molecule has 70 heavy (non-hydrogen) atoms. The minimum Gasteiger partial charge on any atom is -0.462 e. The zero-order valence-electron chi connectivity index (χ0n) is 45.2. The van der Waals surface area contributed by atoms with Gasteiger partial charge in [-0.1, -0.05) is 243 Å². The van der Waals surface area contributed by atoms with Crippen molar-refractivity contribution < 1.29 is 52.2 Å². The molecule has 410 valence electrons. The van der Waals surface area contributed by atoms with Crippen molar-refractivity contribution in [2.24, 2.45) is 0 Å². The van der Waals surface area contributed by atoms with E-state index in [4.69, 9.17) is 23.3 Å². The summed E-state index contributed by atoms with van der Waals surface area (Å²) in [6, 6.07) is 0. The maximum Gasteiger partial charge on any atom is 0.472 e. The third-order valence-electron chi connectivity index (χ3n) is 12.6. The Morgan fingerprint density at radius 3 is 1.14 bits per heavy atom. The number of hydrogen-bond donors (Lipinski definition) is 2. The minimum absolute atomic E-state index is 0.170. The summed E-state index contributed by atoms with van der Waals surface area (Å²) in [6.45, 7) is 4.53. The second kappa shape index (κ2) is 53.0. The predicted molar refractivity (Wildman–Crippen MR) is 289 cm³/mol. The number of phosphoric acid groups is 1. The van der Waals surface area contributed by atoms with Gasteiger partial charge in [-0.25, -0.2) is 4.57 Å². The molecule has 0 aromatic carbocycles. The first kappa shape index (κ1) is 67.7. The molecule has 0 amide bonds. The van der Waals surface area contributed by atoms with Crippen molar-refractivity contribution in [3.8, 4) is 0 Å². The Bertz CT molecular complexity index is 1320. The van der Waals surface area contributed by atoms with E-state index >= 15 is 0 Å². The van der Waals surface area contributed by atoms with Crippen LogP contribution in [-0.4, -0.2) is 66.5 Å². The molecule has 0 aliphatic rings. The molecule has 3 atom stereocenters. The molecule has 12 heteroatoms. The molecular formula is C58H107O11P. The molecule has 0 radical (unpaired) electrons. The fraction of sp³-hybridized carbons (Fsp3) is 0.845. The van der Waals surface area contributed by atoms with Crippen LogP contribution in [0.15, 0.2) is 36.5 Å². The molecule has 0 aliphatic heterocycles. The lowest BCUT2D eigenvalue weighted by atomic mass is 10.0. The first-order valence-corrected chi connectivity index (χ1v) is 30.4. The van der Waals surface area contributed by atoms with Crippen LogP contribution >= 0.6 is 7.82 Å². The van der Waals surface area contributed by atoms with Crippen molar-refractivity contribution in [3.05, 3.63) is 36.5 Å². The number of ether oxygens (including phenoxy) is 3. The molecular weight excluding hydrogens is 904 g/mol. The lowest BCUT2D eigenvalue weighted by molar-refractivity contribution is -0.161. The summed E-state index contributed by atoms with van der Waals surface area (Å²) in [7, 11) is -4.74. The predicted octanol–water partition coefficient (Wildman–Crippen LogP) is 16.8. The minimum atomic E-state index is -4.74. The number of phosphoric ester groups is 1. The Balaban J connectivity index is 4.68. The Labute approximate surface area is 429 Å². The first-order chi connectivity index (χ1) is 34.2. The van der Waals surface area contributed by atoms with Gasteiger partial charge < -0.3 is 24.2 Å². The van der Waals surface area contributed by atoms with Crippen molar-refractivity contribution in [2.75, 3.05) is 26.4 Å². The molecule has 0 rings (SSSR count). The summed E-state index contributed by atoms with van der Waals surface area (Å²) in [5, 5.41) is 9.77. The van der Waals surface area contributed by atoms with Crippen molar-refractivity contribution in [1.82, 2.24) is 0 Å². The molecule has 0 spiro atoms. The second-order valence-corrected chi connectivity index (χ2v) is 20.9. The zero-order chi connectivity index (χ0) is 51.3. The summed E-state index contributed by atoms with van der Waals surface area (Å²) in [6.07, 6.45) is 54.0. The van der Waals surface area contributed by atoms with E-state index in [9.17, 15) is 28.9 Å². The van der Waals surface area contributed by atoms with E-state index in [-0.39, 0.29) is 25.9 Å². The van der Waals surface area contributed by atoms with Gasteiger partial charge in [-0.3, -0.25) is 23.4 Å². The van der Waals surface area contributed by atoms with Crippen LogP contribution in [0.25, 0.3) is 0 Å². The van der Waals surface area contributed by atoms with Gasteiger partial charge in [0.25, 0.3) is 0 Å². The van der Waals surface area contributed by atoms with Gasteiger partial charge >= 0.3 is 25.7 Å². The highest BCUT2D eigenvalue weighted by atomic mass is 31.2. The Kier molecular flexibility index (Phi) is 51.3. The summed E-state index contributed by atoms with van der Waals surface area (Å²) in [5.74, 6) is -1.47. The van der Waals surface area contributed by atoms with Gasteiger partial charge in [-0.05, 0) is 51.4 Å². The quantitative estimate of drug-likeness (QED) is 0.0197. The van der Waals surface area contributed by atoms with E-state index in [2.05, 4.69) is 57.2 Å². The van der Waals surface area contributed by atoms with Gasteiger partial charge in [-0.15, -0.1) is 0 Å². The summed E-state index contributed by atoms with van der Waals surface area (Å²) < 4.78 is 39.4. The number of carbonyl (C=O) groups is 3. The van der Waals surface area contributed by atoms with Gasteiger partial charge in [0.15, 0.2) is 6.10 Å². The van der Waals surface area contributed by atoms with E-state index in [0.29, 0.717) is 19.3 Å². The number of esters is 3. The SMILES string of the molecule is CC/C=C\C/C=C\C/C=C\CCCCCCCC(=O)OCC(COP(=O)(O)OCC(CO)OC(=O)CCCCCCCCCCC)OC(=O)CCCCCCCCCCCCCCCCCCCCC. The molecule has 2 N–H and O–H groups in total. The molecule has 0 heterocycles. The third kappa shape index (κ3) is 50.6. The number of unbranched alkanes of at least 4 members (excludes halogenated alkanes) is 31. The Morgan fingerprint density at radius 2 is 0.743 bits per heavy atom. The van der Waals surface area contributed by atoms with Crippen LogP contribution in [0.3, 0.4) is 0 Å². The summed E-state index contributed by atoms with van der Waals surface area (Å²) in [4.78, 5) is 48.4. The molecule has 0 aromatic rings. The first-order valence-electron chi connectivity index (χ1n) is 28.9. The highest BCUT2D eigenvalue weighted by Gasteiger charge is 2.28. The normalized spacial score (nSPS) is 13.6. The molecule has 0 fully saturated rings. The number of hydrogen-bond acceptors (Lipinski definition) is 10. The Morgan fingerprint density at radius 1 is 0.414 bits per heavy atom. The lowest BCUT2D eigenvalue weighted by Crippen LogP contribution is -2.30. The molecule has 0 aromatic heterocycles. The van der Waals surface area contributed by atoms with Gasteiger partial charge in [0.05, 0.1) is 19.8 Å². The average molecular weight is 1010 g/mol. The smallest absolute Gasteiger partial charge is 0.462 e. The lowest BCUT2D eigenvalue weighted by Gasteiger charge is -2.21. The van der Waals surface area contributed by atoms with Gasteiger partial charge in [-0.2, -0.15) is 0 Å². The van der Waals surface area contributed by atoms with Crippen LogP contribution in [0, 0.1) is 0 Å². The van der Waals surface area contributed by atoms with Gasteiger partial charge in [0.1, 0.15) is 12.7 Å². The van der Waals surface area contributed by atoms with Gasteiger partial charge in [0, 0.05) is 19.3 Å². The average Bonchev–Trinajstić information content (AvgIpc) is 3.35. The van der Waals surface area contributed by atoms with Crippen LogP contribution in [0.2, 0.25) is 0 Å². The number of carbonyl (C=O) groups excluding carboxylic acids is 3. The molecule has 0 aliphatic carbocycles. The molecule has 0 saturated carbocycles. The second-order valence-electron chi connectivity index (χ2n) is 19.4. The fourth-order valence-corrected chi connectivity index (χ4v) is 8.98. The van der Waals surface area contributed by atoms with E-state index in [1.54, 1.807) is 0 Å². The van der Waals surface area contributed by atoms with Gasteiger partial charge in [0.2, 0.25) is 0 Å². The molecule has 0 saturated heterocycles. The summed E-state index contributed by atoms with van der Waals surface area (Å²) >= 11 is 0. The van der Waals surface area contributed by atoms with Crippen molar-refractivity contribution >= 4 is 25.7 Å². The van der Waals surface area contributed by atoms with E-state index in [0.717, 1.165) is 89.9 Å². The van der Waals surface area contributed by atoms with Crippen LogP contribution in [0.1, 0.15) is 278 Å². The van der Waals surface area contributed by atoms with Crippen LogP contribution in [0.5, 0.6) is 0 Å². The maximum atomic E-state index is 12.9. The standard InChI is InChI=1S/C58H107O11P/c1-4-7-10-13-16-19-21-23-25-26-27-28-30-32-34-37-40-43-46-49-58(62)69-55(51-65-56(60)47-44-41-38-36-33-31-29-24-22-20-17-14-11-8-5-2)53-67-70(63,64)66-52-54(50-59)68-57(61)48-45-42-39-35-18-15-12-9-6-3/h8,11,17,20,24,29,54-55,59H,4-7,9-10,12-16,18-19,21-23,25-28,30-53H2,1-3H3,(H,63,64)/b11-8-,20-17-,29-24-. The van der Waals surface area contributed by atoms with Crippen LogP contribution < -0.4 is 0 Å².